The highest BCUT2D eigenvalue weighted by Crippen LogP contribution is 2.22. The van der Waals surface area contributed by atoms with E-state index in [2.05, 4.69) is 10.3 Å². The minimum absolute atomic E-state index is 0.147. The number of carbonyl (C=O) groups excluding carboxylic acids is 1. The highest BCUT2D eigenvalue weighted by atomic mass is 19.1. The number of para-hydroxylation sites is 2. The average Bonchev–Trinajstić information content (AvgIpc) is 2.99. The number of nitrogens with zero attached hydrogens (tertiary/aromatic N) is 2. The standard InChI is InChI=1S/C20H22FN3O2/c1-4-19-23-16-7-5-6-8-17(16)24(19)12-20(25)22-13(2)14-9-10-18(26-3)15(21)11-14/h5-11,13H,4,12H2,1-3H3,(H,22,25)/t13-/m1/s1. The summed E-state index contributed by atoms with van der Waals surface area (Å²) in [5, 5.41) is 2.92. The Balaban J connectivity index is 1.76. The Hall–Kier alpha value is -2.89. The Morgan fingerprint density at radius 1 is 1.31 bits per heavy atom. The average molecular weight is 355 g/mol. The zero-order valence-corrected chi connectivity index (χ0v) is 15.1. The van der Waals surface area contributed by atoms with Crippen LogP contribution in [-0.4, -0.2) is 22.6 Å². The summed E-state index contributed by atoms with van der Waals surface area (Å²) in [6, 6.07) is 12.1. The molecule has 6 heteroatoms. The zero-order valence-electron chi connectivity index (χ0n) is 15.1. The first-order valence-electron chi connectivity index (χ1n) is 8.60. The maximum Gasteiger partial charge on any atom is 0.240 e. The third kappa shape index (κ3) is 3.54. The topological polar surface area (TPSA) is 56.2 Å². The molecule has 1 aromatic heterocycles. The van der Waals surface area contributed by atoms with Crippen molar-refractivity contribution >= 4 is 16.9 Å². The molecule has 1 amide bonds. The molecule has 26 heavy (non-hydrogen) atoms. The summed E-state index contributed by atoms with van der Waals surface area (Å²) >= 11 is 0. The number of methoxy groups -OCH3 is 1. The summed E-state index contributed by atoms with van der Waals surface area (Å²) in [5.41, 5.74) is 2.49. The smallest absolute Gasteiger partial charge is 0.240 e. The number of aromatic nitrogens is 2. The summed E-state index contributed by atoms with van der Waals surface area (Å²) in [6.45, 7) is 4.01. The van der Waals surface area contributed by atoms with Crippen LogP contribution in [-0.2, 0) is 17.8 Å². The first kappa shape index (κ1) is 17.9. The van der Waals surface area contributed by atoms with Crippen molar-refractivity contribution in [3.63, 3.8) is 0 Å². The number of benzene rings is 2. The minimum Gasteiger partial charge on any atom is -0.494 e. The molecule has 5 nitrogen and oxygen atoms in total. The lowest BCUT2D eigenvalue weighted by Gasteiger charge is -2.16. The Morgan fingerprint density at radius 3 is 2.77 bits per heavy atom. The van der Waals surface area contributed by atoms with Crippen molar-refractivity contribution in [1.29, 1.82) is 0 Å². The van der Waals surface area contributed by atoms with Gasteiger partial charge in [0.2, 0.25) is 5.91 Å². The second-order valence-corrected chi connectivity index (χ2v) is 6.14. The predicted octanol–water partition coefficient (Wildman–Crippen LogP) is 3.62. The van der Waals surface area contributed by atoms with Crippen molar-refractivity contribution in [3.8, 4) is 5.75 Å². The molecule has 0 saturated heterocycles. The third-order valence-corrected chi connectivity index (χ3v) is 4.40. The van der Waals surface area contributed by atoms with Crippen LogP contribution in [0.15, 0.2) is 42.5 Å². The lowest BCUT2D eigenvalue weighted by atomic mass is 10.1. The Labute approximate surface area is 151 Å². The largest absolute Gasteiger partial charge is 0.494 e. The molecule has 0 radical (unpaired) electrons. The van der Waals surface area contributed by atoms with Crippen molar-refractivity contribution in [2.24, 2.45) is 0 Å². The van der Waals surface area contributed by atoms with Crippen LogP contribution in [0.5, 0.6) is 5.75 Å². The van der Waals surface area contributed by atoms with Crippen LogP contribution in [0.2, 0.25) is 0 Å². The van der Waals surface area contributed by atoms with Crippen molar-refractivity contribution in [1.82, 2.24) is 14.9 Å². The van der Waals surface area contributed by atoms with Gasteiger partial charge in [-0.2, -0.15) is 0 Å². The molecule has 2 aromatic carbocycles. The zero-order chi connectivity index (χ0) is 18.7. The predicted molar refractivity (Wildman–Crippen MR) is 98.6 cm³/mol. The molecule has 0 spiro atoms. The molecule has 0 bridgehead atoms. The van der Waals surface area contributed by atoms with Gasteiger partial charge in [0, 0.05) is 6.42 Å². The van der Waals surface area contributed by atoms with Crippen LogP contribution in [0.1, 0.15) is 31.3 Å². The van der Waals surface area contributed by atoms with E-state index in [9.17, 15) is 9.18 Å². The lowest BCUT2D eigenvalue weighted by Crippen LogP contribution is -2.30. The summed E-state index contributed by atoms with van der Waals surface area (Å²) in [7, 11) is 1.42. The van der Waals surface area contributed by atoms with Gasteiger partial charge in [0.15, 0.2) is 11.6 Å². The Kier molecular flexibility index (Phi) is 5.21. The Bertz CT molecular complexity index is 936. The minimum atomic E-state index is -0.444. The van der Waals surface area contributed by atoms with Gasteiger partial charge in [-0.1, -0.05) is 25.1 Å². The van der Waals surface area contributed by atoms with Gasteiger partial charge in [-0.3, -0.25) is 4.79 Å². The van der Waals surface area contributed by atoms with Crippen LogP contribution in [0.3, 0.4) is 0 Å². The van der Waals surface area contributed by atoms with Crippen molar-refractivity contribution < 1.29 is 13.9 Å². The SMILES string of the molecule is CCc1nc2ccccc2n1CC(=O)N[C@H](C)c1ccc(OC)c(F)c1. The molecule has 0 unspecified atom stereocenters. The normalized spacial score (nSPS) is 12.2. The number of nitrogens with one attached hydrogen (secondary N) is 1. The maximum atomic E-state index is 13.9. The fourth-order valence-corrected chi connectivity index (χ4v) is 3.04. The molecule has 0 aliphatic heterocycles. The number of aryl methyl sites for hydroxylation is 1. The van der Waals surface area contributed by atoms with Crippen LogP contribution >= 0.6 is 0 Å². The lowest BCUT2D eigenvalue weighted by molar-refractivity contribution is -0.122. The molecule has 0 saturated carbocycles. The fourth-order valence-electron chi connectivity index (χ4n) is 3.04. The quantitative estimate of drug-likeness (QED) is 0.735. The van der Waals surface area contributed by atoms with E-state index in [4.69, 9.17) is 4.74 Å². The molecule has 0 aliphatic carbocycles. The number of imidazole rings is 1. The number of ether oxygens (including phenoxy) is 1. The van der Waals surface area contributed by atoms with E-state index in [0.29, 0.717) is 5.56 Å². The Morgan fingerprint density at radius 2 is 2.08 bits per heavy atom. The molecule has 0 fully saturated rings. The number of fused-ring (bicyclic) bond motifs is 1. The molecule has 1 atom stereocenters. The monoisotopic (exact) mass is 355 g/mol. The van der Waals surface area contributed by atoms with Crippen LogP contribution < -0.4 is 10.1 Å². The van der Waals surface area contributed by atoms with E-state index in [1.54, 1.807) is 12.1 Å². The van der Waals surface area contributed by atoms with Crippen LogP contribution in [0.4, 0.5) is 4.39 Å². The molecular weight excluding hydrogens is 333 g/mol. The summed E-state index contributed by atoms with van der Waals surface area (Å²) in [6.07, 6.45) is 0.737. The van der Waals surface area contributed by atoms with Gasteiger partial charge in [0.1, 0.15) is 12.4 Å². The summed E-state index contributed by atoms with van der Waals surface area (Å²) in [4.78, 5) is 17.1. The molecule has 136 valence electrons. The molecule has 3 aromatic rings. The molecule has 3 rings (SSSR count). The van der Waals surface area contributed by atoms with Gasteiger partial charge in [-0.05, 0) is 36.8 Å². The van der Waals surface area contributed by atoms with E-state index in [-0.39, 0.29) is 24.2 Å². The van der Waals surface area contributed by atoms with E-state index in [1.807, 2.05) is 42.7 Å². The van der Waals surface area contributed by atoms with Gasteiger partial charge in [0.05, 0.1) is 24.2 Å². The van der Waals surface area contributed by atoms with E-state index < -0.39 is 5.82 Å². The van der Waals surface area contributed by atoms with E-state index in [0.717, 1.165) is 23.3 Å². The number of carbonyl (C=O) groups is 1. The first-order chi connectivity index (χ1) is 12.5. The van der Waals surface area contributed by atoms with Crippen molar-refractivity contribution in [3.05, 3.63) is 59.7 Å². The van der Waals surface area contributed by atoms with Crippen molar-refractivity contribution in [2.75, 3.05) is 7.11 Å². The van der Waals surface area contributed by atoms with Gasteiger partial charge in [-0.25, -0.2) is 9.37 Å². The van der Waals surface area contributed by atoms with Gasteiger partial charge in [-0.15, -0.1) is 0 Å². The van der Waals surface area contributed by atoms with E-state index in [1.165, 1.54) is 13.2 Å². The second-order valence-electron chi connectivity index (χ2n) is 6.14. The second kappa shape index (κ2) is 7.56. The number of hydrogen-bond donors (Lipinski definition) is 1. The van der Waals surface area contributed by atoms with Crippen LogP contribution in [0.25, 0.3) is 11.0 Å². The van der Waals surface area contributed by atoms with Gasteiger partial charge < -0.3 is 14.6 Å². The molecule has 1 heterocycles. The maximum absolute atomic E-state index is 13.9. The molecular formula is C20H22FN3O2. The summed E-state index contributed by atoms with van der Waals surface area (Å²) in [5.74, 6) is 0.459. The number of hydrogen-bond acceptors (Lipinski definition) is 3. The highest BCUT2D eigenvalue weighted by molar-refractivity contribution is 5.81. The van der Waals surface area contributed by atoms with Crippen LogP contribution in [0, 0.1) is 5.82 Å². The fraction of sp³-hybridized carbons (Fsp3) is 0.300. The van der Waals surface area contributed by atoms with E-state index >= 15 is 0 Å². The molecule has 0 aliphatic rings. The van der Waals surface area contributed by atoms with Gasteiger partial charge in [0.25, 0.3) is 0 Å². The van der Waals surface area contributed by atoms with Gasteiger partial charge >= 0.3 is 0 Å². The first-order valence-corrected chi connectivity index (χ1v) is 8.60. The number of rotatable bonds is 6. The molecule has 1 N–H and O–H groups in total. The summed E-state index contributed by atoms with van der Waals surface area (Å²) < 4.78 is 20.7. The number of amides is 1. The van der Waals surface area contributed by atoms with Crippen molar-refractivity contribution in [2.45, 2.75) is 32.9 Å². The number of halogens is 1. The third-order valence-electron chi connectivity index (χ3n) is 4.40. The highest BCUT2D eigenvalue weighted by Gasteiger charge is 2.15.